The topological polar surface area (TPSA) is 49.4 Å². The molecule has 0 saturated carbocycles. The normalized spacial score (nSPS) is 11.2. The fourth-order valence-corrected chi connectivity index (χ4v) is 1.88. The summed E-state index contributed by atoms with van der Waals surface area (Å²) in [5, 5.41) is 11.0. The van der Waals surface area contributed by atoms with E-state index in [4.69, 9.17) is 4.74 Å². The van der Waals surface area contributed by atoms with Gasteiger partial charge < -0.3 is 14.6 Å². The lowest BCUT2D eigenvalue weighted by atomic mass is 10.0. The average Bonchev–Trinajstić information content (AvgIpc) is 2.48. The number of ether oxygens (including phenoxy) is 1. The SMILES string of the molecule is CC/C=C(/Oc1ccccc1-c1ccccc1)C(=O)[O-]. The molecule has 0 unspecified atom stereocenters. The number of carbonyl (C=O) groups is 1. The van der Waals surface area contributed by atoms with Crippen LogP contribution in [0.4, 0.5) is 0 Å². The summed E-state index contributed by atoms with van der Waals surface area (Å²) in [7, 11) is 0. The van der Waals surface area contributed by atoms with E-state index in [0.717, 1.165) is 11.1 Å². The van der Waals surface area contributed by atoms with Gasteiger partial charge in [-0.1, -0.05) is 55.5 Å². The molecule has 0 aliphatic heterocycles. The van der Waals surface area contributed by atoms with Gasteiger partial charge in [0.2, 0.25) is 0 Å². The average molecular weight is 267 g/mol. The molecule has 20 heavy (non-hydrogen) atoms. The van der Waals surface area contributed by atoms with Crippen molar-refractivity contribution in [1.82, 2.24) is 0 Å². The van der Waals surface area contributed by atoms with Crippen LogP contribution in [0.25, 0.3) is 11.1 Å². The molecule has 2 aromatic carbocycles. The molecule has 102 valence electrons. The van der Waals surface area contributed by atoms with E-state index < -0.39 is 5.97 Å². The Morgan fingerprint density at radius 2 is 1.75 bits per heavy atom. The van der Waals surface area contributed by atoms with E-state index in [0.29, 0.717) is 12.2 Å². The molecular formula is C17H15O3-. The number of hydrogen-bond donors (Lipinski definition) is 0. The first-order valence-corrected chi connectivity index (χ1v) is 6.46. The van der Waals surface area contributed by atoms with Gasteiger partial charge in [0.25, 0.3) is 0 Å². The zero-order valence-corrected chi connectivity index (χ0v) is 11.2. The minimum absolute atomic E-state index is 0.157. The zero-order chi connectivity index (χ0) is 14.4. The molecule has 3 heteroatoms. The van der Waals surface area contributed by atoms with E-state index in [9.17, 15) is 9.90 Å². The number of hydrogen-bond acceptors (Lipinski definition) is 3. The number of carbonyl (C=O) groups excluding carboxylic acids is 1. The number of aliphatic carboxylic acids is 1. The van der Waals surface area contributed by atoms with Gasteiger partial charge in [0, 0.05) is 5.56 Å². The molecule has 0 amide bonds. The van der Waals surface area contributed by atoms with Crippen LogP contribution in [0.5, 0.6) is 5.75 Å². The zero-order valence-electron chi connectivity index (χ0n) is 11.2. The molecule has 0 radical (unpaired) electrons. The van der Waals surface area contributed by atoms with Gasteiger partial charge in [-0.2, -0.15) is 0 Å². The van der Waals surface area contributed by atoms with Crippen LogP contribution < -0.4 is 9.84 Å². The summed E-state index contributed by atoms with van der Waals surface area (Å²) in [5.41, 5.74) is 1.81. The molecule has 0 N–H and O–H groups in total. The third kappa shape index (κ3) is 3.26. The van der Waals surface area contributed by atoms with Crippen molar-refractivity contribution in [3.63, 3.8) is 0 Å². The van der Waals surface area contributed by atoms with Crippen LogP contribution in [-0.4, -0.2) is 5.97 Å². The predicted octanol–water partition coefficient (Wildman–Crippen LogP) is 2.78. The highest BCUT2D eigenvalue weighted by atomic mass is 16.5. The lowest BCUT2D eigenvalue weighted by molar-refractivity contribution is -0.302. The van der Waals surface area contributed by atoms with Crippen LogP contribution in [0.15, 0.2) is 66.4 Å². The van der Waals surface area contributed by atoms with E-state index in [1.807, 2.05) is 49.4 Å². The highest BCUT2D eigenvalue weighted by Crippen LogP contribution is 2.30. The van der Waals surface area contributed by atoms with Crippen molar-refractivity contribution in [1.29, 1.82) is 0 Å². The molecule has 0 fully saturated rings. The molecule has 0 heterocycles. The molecule has 0 aromatic heterocycles. The van der Waals surface area contributed by atoms with Gasteiger partial charge in [-0.3, -0.25) is 0 Å². The summed E-state index contributed by atoms with van der Waals surface area (Å²) in [5.74, 6) is -0.965. The number of carboxylic acid groups (broad SMARTS) is 1. The summed E-state index contributed by atoms with van der Waals surface area (Å²) in [6.45, 7) is 1.84. The van der Waals surface area contributed by atoms with Gasteiger partial charge in [-0.25, -0.2) is 0 Å². The number of benzene rings is 2. The third-order valence-corrected chi connectivity index (χ3v) is 2.78. The Balaban J connectivity index is 2.38. The van der Waals surface area contributed by atoms with Gasteiger partial charge in [0.15, 0.2) is 0 Å². The fraction of sp³-hybridized carbons (Fsp3) is 0.118. The number of rotatable bonds is 5. The molecule has 2 rings (SSSR count). The van der Waals surface area contributed by atoms with Crippen molar-refractivity contribution in [2.24, 2.45) is 0 Å². The van der Waals surface area contributed by atoms with E-state index >= 15 is 0 Å². The lowest BCUT2D eigenvalue weighted by Gasteiger charge is -2.14. The smallest absolute Gasteiger partial charge is 0.146 e. The highest BCUT2D eigenvalue weighted by Gasteiger charge is 2.08. The molecule has 0 atom stereocenters. The Kier molecular flexibility index (Phi) is 4.56. The van der Waals surface area contributed by atoms with Crippen molar-refractivity contribution in [2.45, 2.75) is 13.3 Å². The Bertz CT molecular complexity index is 615. The molecule has 0 saturated heterocycles. The summed E-state index contributed by atoms with van der Waals surface area (Å²) in [6, 6.07) is 17.0. The van der Waals surface area contributed by atoms with Crippen LogP contribution in [0.3, 0.4) is 0 Å². The van der Waals surface area contributed by atoms with Gasteiger partial charge in [0.05, 0.1) is 0 Å². The van der Waals surface area contributed by atoms with Crippen LogP contribution in [0.2, 0.25) is 0 Å². The standard InChI is InChI=1S/C17H16O3/c1-2-8-16(17(18)19)20-15-12-7-6-11-14(15)13-9-4-3-5-10-13/h3-12H,2H2,1H3,(H,18,19)/p-1/b16-8+. The number of carboxylic acids is 1. The summed E-state index contributed by atoms with van der Waals surface area (Å²) >= 11 is 0. The van der Waals surface area contributed by atoms with E-state index in [1.165, 1.54) is 6.08 Å². The maximum atomic E-state index is 11.0. The molecule has 0 aliphatic carbocycles. The van der Waals surface area contributed by atoms with E-state index in [-0.39, 0.29) is 5.76 Å². The van der Waals surface area contributed by atoms with Crippen molar-refractivity contribution in [3.05, 3.63) is 66.4 Å². The third-order valence-electron chi connectivity index (χ3n) is 2.78. The monoisotopic (exact) mass is 267 g/mol. The Morgan fingerprint density at radius 1 is 1.10 bits per heavy atom. The maximum absolute atomic E-state index is 11.0. The predicted molar refractivity (Wildman–Crippen MR) is 75.9 cm³/mol. The minimum Gasteiger partial charge on any atom is -0.542 e. The van der Waals surface area contributed by atoms with Gasteiger partial charge >= 0.3 is 0 Å². The molecule has 0 spiro atoms. The van der Waals surface area contributed by atoms with Crippen LogP contribution in [0, 0.1) is 0 Å². The first-order chi connectivity index (χ1) is 9.72. The quantitative estimate of drug-likeness (QED) is 0.618. The van der Waals surface area contributed by atoms with Crippen molar-refractivity contribution in [2.75, 3.05) is 0 Å². The summed E-state index contributed by atoms with van der Waals surface area (Å²) in [6.07, 6.45) is 2.06. The molecule has 0 aliphatic rings. The van der Waals surface area contributed by atoms with Crippen LogP contribution >= 0.6 is 0 Å². The number of allylic oxidation sites excluding steroid dienone is 1. The Hall–Kier alpha value is -2.55. The molecule has 0 bridgehead atoms. The Labute approximate surface area is 118 Å². The van der Waals surface area contributed by atoms with Crippen LogP contribution in [-0.2, 0) is 4.79 Å². The second-order valence-corrected chi connectivity index (χ2v) is 4.23. The van der Waals surface area contributed by atoms with Gasteiger partial charge in [-0.05, 0) is 24.1 Å². The fourth-order valence-electron chi connectivity index (χ4n) is 1.88. The van der Waals surface area contributed by atoms with Crippen molar-refractivity contribution >= 4 is 5.97 Å². The van der Waals surface area contributed by atoms with E-state index in [2.05, 4.69) is 0 Å². The van der Waals surface area contributed by atoms with Gasteiger partial charge in [-0.15, -0.1) is 0 Å². The van der Waals surface area contributed by atoms with Crippen molar-refractivity contribution in [3.8, 4) is 16.9 Å². The van der Waals surface area contributed by atoms with Crippen molar-refractivity contribution < 1.29 is 14.6 Å². The first kappa shape index (κ1) is 13.9. The highest BCUT2D eigenvalue weighted by molar-refractivity contribution is 5.83. The molecular weight excluding hydrogens is 252 g/mol. The van der Waals surface area contributed by atoms with Crippen LogP contribution in [0.1, 0.15) is 13.3 Å². The summed E-state index contributed by atoms with van der Waals surface area (Å²) < 4.78 is 5.50. The molecule has 3 nitrogen and oxygen atoms in total. The second kappa shape index (κ2) is 6.57. The largest absolute Gasteiger partial charge is 0.542 e. The summed E-state index contributed by atoms with van der Waals surface area (Å²) in [4.78, 5) is 11.0. The van der Waals surface area contributed by atoms with E-state index in [1.54, 1.807) is 12.1 Å². The number of para-hydroxylation sites is 1. The second-order valence-electron chi connectivity index (χ2n) is 4.23. The minimum atomic E-state index is -1.31. The van der Waals surface area contributed by atoms with Gasteiger partial charge in [0.1, 0.15) is 17.5 Å². The first-order valence-electron chi connectivity index (χ1n) is 6.46. The lowest BCUT2D eigenvalue weighted by Crippen LogP contribution is -2.27. The maximum Gasteiger partial charge on any atom is 0.146 e. The molecule has 2 aromatic rings. The Morgan fingerprint density at radius 3 is 2.40 bits per heavy atom.